The maximum atomic E-state index is 13.4. The van der Waals surface area contributed by atoms with Crippen LogP contribution in [0.15, 0.2) is 12.1 Å². The third-order valence-electron chi connectivity index (χ3n) is 2.92. The first-order valence-electron chi connectivity index (χ1n) is 5.50. The molecule has 1 fully saturated rings. The molecule has 2 nitrogen and oxygen atoms in total. The SMILES string of the molecule is CCN1CC(C)(Oc2ccc(F)c(F)c2F)C1. The van der Waals surface area contributed by atoms with Crippen LogP contribution in [0.4, 0.5) is 13.2 Å². The second kappa shape index (κ2) is 4.22. The second-order valence-electron chi connectivity index (χ2n) is 4.53. The van der Waals surface area contributed by atoms with Gasteiger partial charge in [0.2, 0.25) is 5.82 Å². The molecule has 0 atom stereocenters. The number of likely N-dealkylation sites (tertiary alicyclic amines) is 1. The average Bonchev–Trinajstić information content (AvgIpc) is 2.26. The van der Waals surface area contributed by atoms with Gasteiger partial charge in [-0.15, -0.1) is 0 Å². The topological polar surface area (TPSA) is 12.5 Å². The van der Waals surface area contributed by atoms with E-state index in [1.54, 1.807) is 0 Å². The summed E-state index contributed by atoms with van der Waals surface area (Å²) in [7, 11) is 0. The zero-order chi connectivity index (χ0) is 12.6. The van der Waals surface area contributed by atoms with Gasteiger partial charge >= 0.3 is 0 Å². The quantitative estimate of drug-likeness (QED) is 0.759. The molecule has 1 heterocycles. The highest BCUT2D eigenvalue weighted by atomic mass is 19.2. The van der Waals surface area contributed by atoms with Gasteiger partial charge in [-0.1, -0.05) is 6.92 Å². The number of likely N-dealkylation sites (N-methyl/N-ethyl adjacent to an activating group) is 1. The van der Waals surface area contributed by atoms with Crippen LogP contribution in [0.1, 0.15) is 13.8 Å². The number of halogens is 3. The summed E-state index contributed by atoms with van der Waals surface area (Å²) in [5.74, 6) is -4.19. The van der Waals surface area contributed by atoms with Gasteiger partial charge in [-0.2, -0.15) is 4.39 Å². The molecule has 1 aliphatic rings. The first-order valence-corrected chi connectivity index (χ1v) is 5.50. The smallest absolute Gasteiger partial charge is 0.203 e. The van der Waals surface area contributed by atoms with Crippen LogP contribution in [0.5, 0.6) is 5.75 Å². The number of nitrogens with zero attached hydrogens (tertiary/aromatic N) is 1. The molecule has 0 unspecified atom stereocenters. The van der Waals surface area contributed by atoms with Gasteiger partial charge in [0, 0.05) is 13.1 Å². The Morgan fingerprint density at radius 1 is 1.24 bits per heavy atom. The van der Waals surface area contributed by atoms with E-state index < -0.39 is 23.1 Å². The predicted molar refractivity (Wildman–Crippen MR) is 57.5 cm³/mol. The summed E-state index contributed by atoms with van der Waals surface area (Å²) in [5.41, 5.74) is -0.527. The lowest BCUT2D eigenvalue weighted by atomic mass is 9.96. The fourth-order valence-corrected chi connectivity index (χ4v) is 2.04. The van der Waals surface area contributed by atoms with Gasteiger partial charge in [-0.3, -0.25) is 4.90 Å². The van der Waals surface area contributed by atoms with Crippen LogP contribution in [-0.4, -0.2) is 30.1 Å². The number of ether oxygens (including phenoxy) is 1. The van der Waals surface area contributed by atoms with Crippen LogP contribution < -0.4 is 4.74 Å². The fraction of sp³-hybridized carbons (Fsp3) is 0.500. The highest BCUT2D eigenvalue weighted by Gasteiger charge is 2.40. The van der Waals surface area contributed by atoms with E-state index in [-0.39, 0.29) is 5.75 Å². The highest BCUT2D eigenvalue weighted by molar-refractivity contribution is 5.27. The molecule has 1 aliphatic heterocycles. The van der Waals surface area contributed by atoms with Crippen molar-refractivity contribution in [3.8, 4) is 5.75 Å². The minimum absolute atomic E-state index is 0.234. The van der Waals surface area contributed by atoms with E-state index in [1.807, 2.05) is 13.8 Å². The van der Waals surface area contributed by atoms with E-state index in [4.69, 9.17) is 4.74 Å². The Hall–Kier alpha value is -1.23. The summed E-state index contributed by atoms with van der Waals surface area (Å²) in [6, 6.07) is 1.99. The van der Waals surface area contributed by atoms with Gasteiger partial charge in [0.1, 0.15) is 5.60 Å². The van der Waals surface area contributed by atoms with Gasteiger partial charge in [-0.25, -0.2) is 8.78 Å². The summed E-state index contributed by atoms with van der Waals surface area (Å²) < 4.78 is 44.5. The van der Waals surface area contributed by atoms with Crippen LogP contribution >= 0.6 is 0 Å². The van der Waals surface area contributed by atoms with Crippen LogP contribution in [0, 0.1) is 17.5 Å². The molecule has 2 rings (SSSR count). The molecule has 0 bridgehead atoms. The third-order valence-corrected chi connectivity index (χ3v) is 2.92. The minimum atomic E-state index is -1.49. The molecule has 0 spiro atoms. The van der Waals surface area contributed by atoms with Gasteiger partial charge in [-0.05, 0) is 25.6 Å². The molecular formula is C12H14F3NO. The molecule has 1 aromatic carbocycles. The van der Waals surface area contributed by atoms with Crippen molar-refractivity contribution in [3.63, 3.8) is 0 Å². The first-order chi connectivity index (χ1) is 7.95. The van der Waals surface area contributed by atoms with Gasteiger partial charge < -0.3 is 4.74 Å². The Balaban J connectivity index is 2.13. The Bertz CT molecular complexity index is 430. The van der Waals surface area contributed by atoms with E-state index in [9.17, 15) is 13.2 Å². The molecule has 0 saturated carbocycles. The Morgan fingerprint density at radius 3 is 2.47 bits per heavy atom. The van der Waals surface area contributed by atoms with Crippen molar-refractivity contribution < 1.29 is 17.9 Å². The Morgan fingerprint density at radius 2 is 1.88 bits per heavy atom. The largest absolute Gasteiger partial charge is 0.482 e. The lowest BCUT2D eigenvalue weighted by Gasteiger charge is -2.47. The van der Waals surface area contributed by atoms with E-state index in [0.29, 0.717) is 13.1 Å². The molecule has 0 N–H and O–H groups in total. The van der Waals surface area contributed by atoms with Crippen molar-refractivity contribution in [1.29, 1.82) is 0 Å². The van der Waals surface area contributed by atoms with Crippen LogP contribution in [0.25, 0.3) is 0 Å². The van der Waals surface area contributed by atoms with Crippen molar-refractivity contribution in [3.05, 3.63) is 29.6 Å². The number of benzene rings is 1. The second-order valence-corrected chi connectivity index (χ2v) is 4.53. The summed E-state index contributed by atoms with van der Waals surface area (Å²) in [6.07, 6.45) is 0. The van der Waals surface area contributed by atoms with Crippen LogP contribution in [0.3, 0.4) is 0 Å². The molecule has 1 saturated heterocycles. The molecule has 0 amide bonds. The van der Waals surface area contributed by atoms with Gasteiger partial charge in [0.25, 0.3) is 0 Å². The first kappa shape index (κ1) is 12.2. The van der Waals surface area contributed by atoms with Crippen molar-refractivity contribution in [2.75, 3.05) is 19.6 Å². The zero-order valence-corrected chi connectivity index (χ0v) is 9.77. The van der Waals surface area contributed by atoms with E-state index >= 15 is 0 Å². The lowest BCUT2D eigenvalue weighted by Crippen LogP contribution is -2.62. The summed E-state index contributed by atoms with van der Waals surface area (Å²) in [6.45, 7) is 6.03. The van der Waals surface area contributed by atoms with Crippen molar-refractivity contribution in [1.82, 2.24) is 4.90 Å². The molecule has 5 heteroatoms. The van der Waals surface area contributed by atoms with Gasteiger partial charge in [0.15, 0.2) is 17.4 Å². The number of hydrogen-bond acceptors (Lipinski definition) is 2. The summed E-state index contributed by atoms with van der Waals surface area (Å²) in [4.78, 5) is 2.11. The van der Waals surface area contributed by atoms with Gasteiger partial charge in [0.05, 0.1) is 0 Å². The normalized spacial score (nSPS) is 18.9. The summed E-state index contributed by atoms with van der Waals surface area (Å²) in [5, 5.41) is 0. The average molecular weight is 245 g/mol. The molecule has 0 radical (unpaired) electrons. The highest BCUT2D eigenvalue weighted by Crippen LogP contribution is 2.30. The standard InChI is InChI=1S/C12H14F3NO/c1-3-16-6-12(2,7-16)17-9-5-4-8(13)10(14)11(9)15/h4-5H,3,6-7H2,1-2H3. The molecule has 0 aromatic heterocycles. The molecular weight excluding hydrogens is 231 g/mol. The third kappa shape index (κ3) is 2.24. The predicted octanol–water partition coefficient (Wildman–Crippen LogP) is 2.58. The van der Waals surface area contributed by atoms with Crippen molar-refractivity contribution >= 4 is 0 Å². The van der Waals surface area contributed by atoms with E-state index in [2.05, 4.69) is 4.90 Å². The van der Waals surface area contributed by atoms with E-state index in [0.717, 1.165) is 18.7 Å². The van der Waals surface area contributed by atoms with Crippen molar-refractivity contribution in [2.24, 2.45) is 0 Å². The maximum absolute atomic E-state index is 13.4. The van der Waals surface area contributed by atoms with E-state index in [1.165, 1.54) is 0 Å². The van der Waals surface area contributed by atoms with Crippen molar-refractivity contribution in [2.45, 2.75) is 19.4 Å². The molecule has 17 heavy (non-hydrogen) atoms. The zero-order valence-electron chi connectivity index (χ0n) is 9.77. The Labute approximate surface area is 98.0 Å². The molecule has 0 aliphatic carbocycles. The van der Waals surface area contributed by atoms with Crippen LogP contribution in [-0.2, 0) is 0 Å². The minimum Gasteiger partial charge on any atom is -0.482 e. The van der Waals surface area contributed by atoms with Crippen LogP contribution in [0.2, 0.25) is 0 Å². The molecule has 1 aromatic rings. The summed E-state index contributed by atoms with van der Waals surface area (Å²) >= 11 is 0. The monoisotopic (exact) mass is 245 g/mol. The Kier molecular flexibility index (Phi) is 3.03. The maximum Gasteiger partial charge on any atom is 0.203 e. The number of rotatable bonds is 3. The fourth-order valence-electron chi connectivity index (χ4n) is 2.04. The number of hydrogen-bond donors (Lipinski definition) is 0. The lowest BCUT2D eigenvalue weighted by molar-refractivity contribution is -0.0628. The molecule has 94 valence electrons.